The second-order valence-corrected chi connectivity index (χ2v) is 9.67. The normalized spacial score (nSPS) is 12.0. The van der Waals surface area contributed by atoms with Gasteiger partial charge in [-0.1, -0.05) is 53.4 Å². The Morgan fingerprint density at radius 3 is 1.11 bits per heavy atom. The molecule has 0 amide bonds. The zero-order valence-electron chi connectivity index (χ0n) is 18.3. The standard InChI is InChI=1S/C12H22O5.C8H14O2/c1-11(2,3)7-15-9(13)17-10(14)16-8-12(4,5)6;1-7(2,9)5-6-8(3,4)10/h7-8H2,1-6H3;9-10H,1-4H3. The molecular formula is C20H36O7. The number of rotatable bonds is 2. The number of carbonyl (C=O) groups excluding carboxylic acids is 2. The van der Waals surface area contributed by atoms with Gasteiger partial charge in [-0.15, -0.1) is 0 Å². The number of hydrogen-bond acceptors (Lipinski definition) is 7. The molecular weight excluding hydrogens is 352 g/mol. The van der Waals surface area contributed by atoms with Crippen molar-refractivity contribution in [1.29, 1.82) is 0 Å². The highest BCUT2D eigenvalue weighted by Crippen LogP contribution is 2.14. The lowest BCUT2D eigenvalue weighted by Gasteiger charge is -2.18. The molecule has 0 unspecified atom stereocenters. The Morgan fingerprint density at radius 1 is 0.667 bits per heavy atom. The molecule has 0 aliphatic heterocycles. The fourth-order valence-electron chi connectivity index (χ4n) is 0.984. The smallest absolute Gasteiger partial charge is 0.433 e. The van der Waals surface area contributed by atoms with E-state index in [9.17, 15) is 9.59 Å². The third-order valence-corrected chi connectivity index (χ3v) is 2.09. The summed E-state index contributed by atoms with van der Waals surface area (Å²) in [6.07, 6.45) is -2.06. The van der Waals surface area contributed by atoms with Gasteiger partial charge >= 0.3 is 12.3 Å². The molecule has 7 nitrogen and oxygen atoms in total. The molecule has 2 N–H and O–H groups in total. The predicted molar refractivity (Wildman–Crippen MR) is 103 cm³/mol. The minimum Gasteiger partial charge on any atom is -0.433 e. The van der Waals surface area contributed by atoms with Gasteiger partial charge in [-0.2, -0.15) is 0 Å². The van der Waals surface area contributed by atoms with Crippen molar-refractivity contribution in [2.75, 3.05) is 13.2 Å². The molecule has 0 atom stereocenters. The maximum Gasteiger partial charge on any atom is 0.518 e. The van der Waals surface area contributed by atoms with Crippen LogP contribution >= 0.6 is 0 Å². The molecule has 0 aliphatic carbocycles. The fraction of sp³-hybridized carbons (Fsp3) is 0.800. The molecule has 27 heavy (non-hydrogen) atoms. The van der Waals surface area contributed by atoms with Gasteiger partial charge in [0.05, 0.1) is 13.2 Å². The molecule has 7 heteroatoms. The van der Waals surface area contributed by atoms with Crippen molar-refractivity contribution in [1.82, 2.24) is 0 Å². The van der Waals surface area contributed by atoms with E-state index in [1.54, 1.807) is 27.7 Å². The van der Waals surface area contributed by atoms with Gasteiger partial charge in [0.15, 0.2) is 0 Å². The van der Waals surface area contributed by atoms with E-state index in [0.29, 0.717) is 0 Å². The zero-order valence-corrected chi connectivity index (χ0v) is 18.3. The Bertz CT molecular complexity index is 480. The highest BCUT2D eigenvalue weighted by Gasteiger charge is 2.20. The Morgan fingerprint density at radius 2 is 0.926 bits per heavy atom. The van der Waals surface area contributed by atoms with Gasteiger partial charge in [0.1, 0.15) is 11.2 Å². The first-order valence-electron chi connectivity index (χ1n) is 8.71. The molecule has 0 fully saturated rings. The van der Waals surface area contributed by atoms with E-state index in [4.69, 9.17) is 19.7 Å². The first-order valence-corrected chi connectivity index (χ1v) is 8.71. The lowest BCUT2D eigenvalue weighted by atomic mass is 9.99. The topological polar surface area (TPSA) is 102 Å². The molecule has 0 aromatic rings. The van der Waals surface area contributed by atoms with Crippen LogP contribution in [0.25, 0.3) is 0 Å². The van der Waals surface area contributed by atoms with Gasteiger partial charge in [0, 0.05) is 0 Å². The van der Waals surface area contributed by atoms with E-state index in [1.807, 2.05) is 41.5 Å². The van der Waals surface area contributed by atoms with Gasteiger partial charge in [0.25, 0.3) is 0 Å². The summed E-state index contributed by atoms with van der Waals surface area (Å²) in [6.45, 7) is 18.1. The van der Waals surface area contributed by atoms with Gasteiger partial charge in [0.2, 0.25) is 0 Å². The van der Waals surface area contributed by atoms with Gasteiger partial charge in [-0.25, -0.2) is 9.59 Å². The first kappa shape index (κ1) is 27.4. The van der Waals surface area contributed by atoms with Crippen LogP contribution in [0.15, 0.2) is 0 Å². The van der Waals surface area contributed by atoms with E-state index < -0.39 is 23.5 Å². The molecule has 0 aromatic carbocycles. The van der Waals surface area contributed by atoms with Crippen LogP contribution in [-0.2, 0) is 14.2 Å². The van der Waals surface area contributed by atoms with Crippen LogP contribution in [0.4, 0.5) is 9.59 Å². The molecule has 0 aromatic heterocycles. The Hall–Kier alpha value is -1.78. The maximum absolute atomic E-state index is 11.1. The molecule has 0 saturated carbocycles. The van der Waals surface area contributed by atoms with E-state index in [2.05, 4.69) is 16.6 Å². The van der Waals surface area contributed by atoms with Crippen molar-refractivity contribution in [3.8, 4) is 11.8 Å². The molecule has 0 rings (SSSR count). The summed E-state index contributed by atoms with van der Waals surface area (Å²) in [5.41, 5.74) is -2.37. The molecule has 0 heterocycles. The molecule has 158 valence electrons. The van der Waals surface area contributed by atoms with Crippen molar-refractivity contribution in [2.45, 2.75) is 80.4 Å². The molecule has 0 bridgehead atoms. The monoisotopic (exact) mass is 388 g/mol. The Balaban J connectivity index is 0. The van der Waals surface area contributed by atoms with E-state index in [1.165, 1.54) is 0 Å². The second-order valence-electron chi connectivity index (χ2n) is 9.67. The zero-order chi connectivity index (χ0) is 22.1. The number of hydrogen-bond donors (Lipinski definition) is 2. The Kier molecular flexibility index (Phi) is 10.7. The van der Waals surface area contributed by atoms with Gasteiger partial charge in [-0.3, -0.25) is 0 Å². The maximum atomic E-state index is 11.1. The summed E-state index contributed by atoms with van der Waals surface area (Å²) in [7, 11) is 0. The van der Waals surface area contributed by atoms with Crippen LogP contribution in [0.2, 0.25) is 0 Å². The van der Waals surface area contributed by atoms with Crippen LogP contribution in [0.1, 0.15) is 69.2 Å². The number of ether oxygens (including phenoxy) is 3. The summed E-state index contributed by atoms with van der Waals surface area (Å²) in [4.78, 5) is 22.2. The highest BCUT2D eigenvalue weighted by atomic mass is 16.8. The van der Waals surface area contributed by atoms with Crippen LogP contribution in [0.5, 0.6) is 0 Å². The van der Waals surface area contributed by atoms with Gasteiger partial charge < -0.3 is 24.4 Å². The SMILES string of the molecule is CC(C)(C)COC(=O)OC(=O)OCC(C)(C)C.CC(C)(O)C#CC(C)(C)O. The first-order chi connectivity index (χ1) is 11.7. The predicted octanol–water partition coefficient (Wildman–Crippen LogP) is 3.90. The van der Waals surface area contributed by atoms with Crippen molar-refractivity contribution < 1.29 is 34.0 Å². The minimum atomic E-state index is -1.03. The van der Waals surface area contributed by atoms with Gasteiger partial charge in [-0.05, 0) is 38.5 Å². The lowest BCUT2D eigenvalue weighted by molar-refractivity contribution is 0.0130. The molecule has 0 saturated heterocycles. The third kappa shape index (κ3) is 26.6. The largest absolute Gasteiger partial charge is 0.518 e. The fourth-order valence-corrected chi connectivity index (χ4v) is 0.984. The summed E-state index contributed by atoms with van der Waals surface area (Å²) < 4.78 is 13.8. The summed E-state index contributed by atoms with van der Waals surface area (Å²) >= 11 is 0. The molecule has 0 aliphatic rings. The average molecular weight is 389 g/mol. The van der Waals surface area contributed by atoms with E-state index in [0.717, 1.165) is 0 Å². The summed E-state index contributed by atoms with van der Waals surface area (Å²) in [5, 5.41) is 18.2. The van der Waals surface area contributed by atoms with Crippen molar-refractivity contribution in [2.24, 2.45) is 10.8 Å². The average Bonchev–Trinajstić information content (AvgIpc) is 2.39. The minimum absolute atomic E-state index is 0.172. The van der Waals surface area contributed by atoms with Crippen molar-refractivity contribution >= 4 is 12.3 Å². The van der Waals surface area contributed by atoms with Crippen LogP contribution in [0, 0.1) is 22.7 Å². The summed E-state index contributed by atoms with van der Waals surface area (Å²) in [6, 6.07) is 0. The van der Waals surface area contributed by atoms with Crippen LogP contribution < -0.4 is 0 Å². The van der Waals surface area contributed by atoms with E-state index >= 15 is 0 Å². The van der Waals surface area contributed by atoms with Crippen LogP contribution in [0.3, 0.4) is 0 Å². The molecule has 0 spiro atoms. The molecule has 0 radical (unpaired) electrons. The number of aliphatic hydroxyl groups is 2. The summed E-state index contributed by atoms with van der Waals surface area (Å²) in [5.74, 6) is 5.03. The Labute approximate surface area is 163 Å². The van der Waals surface area contributed by atoms with Crippen molar-refractivity contribution in [3.05, 3.63) is 0 Å². The number of carbonyl (C=O) groups is 2. The van der Waals surface area contributed by atoms with E-state index in [-0.39, 0.29) is 24.0 Å². The third-order valence-electron chi connectivity index (χ3n) is 2.09. The van der Waals surface area contributed by atoms with Crippen LogP contribution in [-0.4, -0.2) is 46.9 Å². The quantitative estimate of drug-likeness (QED) is 0.420. The lowest BCUT2D eigenvalue weighted by Crippen LogP contribution is -2.23. The van der Waals surface area contributed by atoms with Crippen molar-refractivity contribution in [3.63, 3.8) is 0 Å². The highest BCUT2D eigenvalue weighted by molar-refractivity contribution is 5.76. The second kappa shape index (κ2) is 10.5.